The van der Waals surface area contributed by atoms with Gasteiger partial charge in [0.05, 0.1) is 5.52 Å². The summed E-state index contributed by atoms with van der Waals surface area (Å²) >= 11 is 3.47. The highest BCUT2D eigenvalue weighted by Crippen LogP contribution is 2.28. The molecular formula is C14H15BrN4O. The molecule has 2 aliphatic rings. The van der Waals surface area contributed by atoms with Gasteiger partial charge in [0.25, 0.3) is 5.91 Å². The third-order valence-electron chi connectivity index (χ3n) is 4.35. The van der Waals surface area contributed by atoms with Crippen molar-refractivity contribution in [3.05, 3.63) is 34.8 Å². The van der Waals surface area contributed by atoms with E-state index >= 15 is 0 Å². The Kier molecular flexibility index (Phi) is 2.82. The van der Waals surface area contributed by atoms with E-state index in [1.54, 1.807) is 6.33 Å². The summed E-state index contributed by atoms with van der Waals surface area (Å²) < 4.78 is 2.86. The van der Waals surface area contributed by atoms with Crippen molar-refractivity contribution in [2.45, 2.75) is 37.4 Å². The van der Waals surface area contributed by atoms with Crippen LogP contribution < -0.4 is 10.6 Å². The second kappa shape index (κ2) is 4.56. The van der Waals surface area contributed by atoms with E-state index in [9.17, 15) is 4.79 Å². The molecule has 2 fully saturated rings. The molecule has 0 saturated carbocycles. The van der Waals surface area contributed by atoms with Crippen molar-refractivity contribution in [3.63, 3.8) is 0 Å². The Morgan fingerprint density at radius 3 is 3.15 bits per heavy atom. The predicted molar refractivity (Wildman–Crippen MR) is 78.7 cm³/mol. The number of hydrogen-bond donors (Lipinski definition) is 2. The first-order valence-corrected chi connectivity index (χ1v) is 7.69. The lowest BCUT2D eigenvalue weighted by Crippen LogP contribution is -2.43. The molecule has 5 nitrogen and oxygen atoms in total. The number of halogens is 1. The molecule has 0 spiro atoms. The Hall–Kier alpha value is -1.40. The van der Waals surface area contributed by atoms with Crippen molar-refractivity contribution < 1.29 is 4.79 Å². The molecule has 0 aliphatic carbocycles. The molecule has 2 aliphatic heterocycles. The maximum Gasteiger partial charge on any atom is 0.270 e. The fourth-order valence-corrected chi connectivity index (χ4v) is 3.76. The van der Waals surface area contributed by atoms with Crippen molar-refractivity contribution in [1.82, 2.24) is 20.0 Å². The van der Waals surface area contributed by atoms with E-state index in [0.29, 0.717) is 17.8 Å². The molecule has 0 aromatic carbocycles. The molecule has 0 radical (unpaired) electrons. The van der Waals surface area contributed by atoms with Crippen molar-refractivity contribution in [3.8, 4) is 0 Å². The van der Waals surface area contributed by atoms with Gasteiger partial charge in [-0.3, -0.25) is 4.79 Å². The zero-order valence-corrected chi connectivity index (χ0v) is 12.4. The van der Waals surface area contributed by atoms with Crippen molar-refractivity contribution in [1.29, 1.82) is 0 Å². The SMILES string of the molecule is O=C(N[C@@H]1C[C@H]2CC[C@@H]1N2)c1cc2c(Br)ccn2cn1. The minimum absolute atomic E-state index is 0.0834. The third kappa shape index (κ3) is 1.94. The van der Waals surface area contributed by atoms with E-state index in [1.165, 1.54) is 6.42 Å². The van der Waals surface area contributed by atoms with Crippen LogP contribution in [-0.4, -0.2) is 33.4 Å². The van der Waals surface area contributed by atoms with Gasteiger partial charge in [-0.25, -0.2) is 4.98 Å². The molecule has 1 amide bonds. The monoisotopic (exact) mass is 334 g/mol. The molecule has 2 bridgehead atoms. The molecule has 2 aromatic heterocycles. The van der Waals surface area contributed by atoms with Crippen LogP contribution in [0.3, 0.4) is 0 Å². The number of nitrogens with one attached hydrogen (secondary N) is 2. The minimum Gasteiger partial charge on any atom is -0.346 e. The summed E-state index contributed by atoms with van der Waals surface area (Å²) in [4.78, 5) is 16.6. The van der Waals surface area contributed by atoms with Gasteiger partial charge in [-0.1, -0.05) is 0 Å². The zero-order valence-electron chi connectivity index (χ0n) is 10.8. The van der Waals surface area contributed by atoms with Gasteiger partial charge < -0.3 is 15.0 Å². The Bertz CT molecular complexity index is 683. The van der Waals surface area contributed by atoms with Gasteiger partial charge >= 0.3 is 0 Å². The number of fused-ring (bicyclic) bond motifs is 3. The Labute approximate surface area is 124 Å². The molecule has 4 heterocycles. The van der Waals surface area contributed by atoms with Crippen LogP contribution in [0.2, 0.25) is 0 Å². The van der Waals surface area contributed by atoms with E-state index in [1.807, 2.05) is 22.7 Å². The average molecular weight is 335 g/mol. The smallest absolute Gasteiger partial charge is 0.270 e. The molecule has 4 rings (SSSR count). The van der Waals surface area contributed by atoms with Crippen LogP contribution in [0.15, 0.2) is 29.1 Å². The first-order valence-electron chi connectivity index (χ1n) is 6.90. The van der Waals surface area contributed by atoms with E-state index in [2.05, 4.69) is 31.5 Å². The molecule has 2 aromatic rings. The highest BCUT2D eigenvalue weighted by molar-refractivity contribution is 9.10. The van der Waals surface area contributed by atoms with Crippen LogP contribution in [0.25, 0.3) is 5.52 Å². The Morgan fingerprint density at radius 1 is 1.50 bits per heavy atom. The number of amides is 1. The zero-order chi connectivity index (χ0) is 13.7. The van der Waals surface area contributed by atoms with Gasteiger partial charge in [0.2, 0.25) is 0 Å². The van der Waals surface area contributed by atoms with Crippen molar-refractivity contribution >= 4 is 27.4 Å². The van der Waals surface area contributed by atoms with Gasteiger partial charge in [-0.2, -0.15) is 0 Å². The van der Waals surface area contributed by atoms with Crippen LogP contribution in [0.5, 0.6) is 0 Å². The maximum absolute atomic E-state index is 12.3. The molecule has 6 heteroatoms. The van der Waals surface area contributed by atoms with Gasteiger partial charge in [0, 0.05) is 28.8 Å². The summed E-state index contributed by atoms with van der Waals surface area (Å²) in [6, 6.07) is 5.03. The van der Waals surface area contributed by atoms with Gasteiger partial charge in [0.1, 0.15) is 12.0 Å². The standard InChI is InChI=1S/C14H15BrN4O/c15-9-3-4-19-7-16-12(6-13(9)19)14(20)18-11-5-8-1-2-10(11)17-8/h3-4,6-8,10-11,17H,1-2,5H2,(H,18,20)/t8-,10+,11-/m1/s1. The summed E-state index contributed by atoms with van der Waals surface area (Å²) in [6.07, 6.45) is 7.01. The van der Waals surface area contributed by atoms with Gasteiger partial charge in [-0.05, 0) is 47.3 Å². The maximum atomic E-state index is 12.3. The molecule has 0 unspecified atom stereocenters. The summed E-state index contributed by atoms with van der Waals surface area (Å²) in [6.45, 7) is 0. The molecular weight excluding hydrogens is 320 g/mol. The predicted octanol–water partition coefficient (Wildman–Crippen LogP) is 1.72. The first kappa shape index (κ1) is 12.3. The molecule has 104 valence electrons. The van der Waals surface area contributed by atoms with Crippen LogP contribution in [0, 0.1) is 0 Å². The highest BCUT2D eigenvalue weighted by atomic mass is 79.9. The normalized spacial score (nSPS) is 28.1. The third-order valence-corrected chi connectivity index (χ3v) is 5.02. The van der Waals surface area contributed by atoms with Gasteiger partial charge in [0.15, 0.2) is 0 Å². The summed E-state index contributed by atoms with van der Waals surface area (Å²) in [5.41, 5.74) is 1.43. The number of carbonyl (C=O) groups excluding carboxylic acids is 1. The van der Waals surface area contributed by atoms with E-state index < -0.39 is 0 Å². The second-order valence-corrected chi connectivity index (χ2v) is 6.45. The molecule has 2 N–H and O–H groups in total. The van der Waals surface area contributed by atoms with Crippen molar-refractivity contribution in [2.75, 3.05) is 0 Å². The number of rotatable bonds is 2. The van der Waals surface area contributed by atoms with Gasteiger partial charge in [-0.15, -0.1) is 0 Å². The quantitative estimate of drug-likeness (QED) is 0.879. The second-order valence-electron chi connectivity index (χ2n) is 5.59. The largest absolute Gasteiger partial charge is 0.346 e. The topological polar surface area (TPSA) is 58.4 Å². The van der Waals surface area contributed by atoms with Crippen LogP contribution in [0.1, 0.15) is 29.8 Å². The van der Waals surface area contributed by atoms with Crippen LogP contribution >= 0.6 is 15.9 Å². The summed E-state index contributed by atoms with van der Waals surface area (Å²) in [5, 5.41) is 6.64. The lowest BCUT2D eigenvalue weighted by Gasteiger charge is -2.21. The van der Waals surface area contributed by atoms with E-state index in [4.69, 9.17) is 0 Å². The molecule has 3 atom stereocenters. The first-order chi connectivity index (χ1) is 9.70. The lowest BCUT2D eigenvalue weighted by atomic mass is 9.95. The summed E-state index contributed by atoms with van der Waals surface area (Å²) in [5.74, 6) is -0.0834. The summed E-state index contributed by atoms with van der Waals surface area (Å²) in [7, 11) is 0. The Balaban J connectivity index is 1.56. The van der Waals surface area contributed by atoms with Crippen molar-refractivity contribution in [2.24, 2.45) is 0 Å². The van der Waals surface area contributed by atoms with E-state index in [0.717, 1.165) is 22.8 Å². The fourth-order valence-electron chi connectivity index (χ4n) is 3.32. The highest BCUT2D eigenvalue weighted by Gasteiger charge is 2.39. The lowest BCUT2D eigenvalue weighted by molar-refractivity contribution is 0.0926. The number of nitrogens with zero attached hydrogens (tertiary/aromatic N) is 2. The van der Waals surface area contributed by atoms with Crippen LogP contribution in [-0.2, 0) is 0 Å². The average Bonchev–Trinajstić information content (AvgIpc) is 3.15. The fraction of sp³-hybridized carbons (Fsp3) is 0.429. The molecule has 20 heavy (non-hydrogen) atoms. The Morgan fingerprint density at radius 2 is 2.40 bits per heavy atom. The minimum atomic E-state index is -0.0834. The van der Waals surface area contributed by atoms with E-state index in [-0.39, 0.29) is 11.9 Å². The molecule has 2 saturated heterocycles. The van der Waals surface area contributed by atoms with Crippen LogP contribution in [0.4, 0.5) is 0 Å². The number of hydrogen-bond acceptors (Lipinski definition) is 3. The number of carbonyl (C=O) groups is 1. The number of aromatic nitrogens is 2.